The number of likely N-dealkylation sites (tertiary alicyclic amines) is 1. The van der Waals surface area contributed by atoms with Crippen LogP contribution in [0.4, 0.5) is 17.6 Å². The van der Waals surface area contributed by atoms with Crippen molar-refractivity contribution in [2.24, 2.45) is 0 Å². The molecule has 2 heterocycles. The third-order valence-electron chi connectivity index (χ3n) is 5.83. The van der Waals surface area contributed by atoms with Crippen LogP contribution in [0.1, 0.15) is 36.1 Å². The van der Waals surface area contributed by atoms with Crippen LogP contribution in [0.5, 0.6) is 0 Å². The maximum Gasteiger partial charge on any atom is 0.416 e. The number of rotatable bonds is 5. The van der Waals surface area contributed by atoms with Gasteiger partial charge >= 0.3 is 6.18 Å². The molecule has 0 bridgehead atoms. The molecule has 0 aliphatic carbocycles. The Hall–Kier alpha value is -2.45. The van der Waals surface area contributed by atoms with Crippen molar-refractivity contribution in [3.63, 3.8) is 0 Å². The smallest absolute Gasteiger partial charge is 0.385 e. The second kappa shape index (κ2) is 8.00. The predicted octanol–water partition coefficient (Wildman–Crippen LogP) is 4.90. The number of hydrogen-bond donors (Lipinski definition) is 1. The number of aryl methyl sites for hydroxylation is 1. The van der Waals surface area contributed by atoms with Crippen LogP contribution >= 0.6 is 0 Å². The molecular formula is C22H22F4N2O2. The second-order valence-corrected chi connectivity index (χ2v) is 7.82. The average Bonchev–Trinajstić information content (AvgIpc) is 3.11. The molecule has 0 saturated carbocycles. The largest absolute Gasteiger partial charge is 0.416 e. The summed E-state index contributed by atoms with van der Waals surface area (Å²) in [5.41, 5.74) is -0.0628. The van der Waals surface area contributed by atoms with Crippen LogP contribution in [0, 0.1) is 5.82 Å². The molecule has 0 unspecified atom stereocenters. The highest BCUT2D eigenvalue weighted by molar-refractivity contribution is 5.79. The summed E-state index contributed by atoms with van der Waals surface area (Å²) in [6.07, 6.45) is -1.93. The molecule has 2 aromatic carbocycles. The molecule has 1 aromatic heterocycles. The number of piperidine rings is 1. The fraction of sp³-hybridized carbons (Fsp3) is 0.409. The molecule has 1 saturated heterocycles. The van der Waals surface area contributed by atoms with Crippen molar-refractivity contribution in [1.29, 1.82) is 0 Å². The quantitative estimate of drug-likeness (QED) is 0.594. The highest BCUT2D eigenvalue weighted by atomic mass is 19.4. The van der Waals surface area contributed by atoms with Gasteiger partial charge in [-0.05, 0) is 62.1 Å². The normalized spacial score (nSPS) is 17.5. The molecule has 160 valence electrons. The SMILES string of the molecule is OC1(c2ccc(C(F)(F)F)cc2)CCN(CCCc2noc3cc(F)ccc23)CC1. The van der Waals surface area contributed by atoms with Crippen LogP contribution < -0.4 is 0 Å². The van der Waals surface area contributed by atoms with Crippen molar-refractivity contribution in [2.75, 3.05) is 19.6 Å². The van der Waals surface area contributed by atoms with Gasteiger partial charge < -0.3 is 14.5 Å². The minimum atomic E-state index is -4.38. The molecule has 0 amide bonds. The van der Waals surface area contributed by atoms with Gasteiger partial charge in [-0.2, -0.15) is 13.2 Å². The highest BCUT2D eigenvalue weighted by Crippen LogP contribution is 2.35. The van der Waals surface area contributed by atoms with Gasteiger partial charge in [0.2, 0.25) is 0 Å². The maximum absolute atomic E-state index is 13.2. The summed E-state index contributed by atoms with van der Waals surface area (Å²) in [5, 5.41) is 15.7. The van der Waals surface area contributed by atoms with Crippen molar-refractivity contribution < 1.29 is 27.2 Å². The maximum atomic E-state index is 13.2. The topological polar surface area (TPSA) is 49.5 Å². The van der Waals surface area contributed by atoms with Gasteiger partial charge in [0.1, 0.15) is 5.82 Å². The Balaban J connectivity index is 1.30. The molecular weight excluding hydrogens is 400 g/mol. The van der Waals surface area contributed by atoms with Gasteiger partial charge in [-0.15, -0.1) is 0 Å². The summed E-state index contributed by atoms with van der Waals surface area (Å²) in [4.78, 5) is 2.22. The Labute approximate surface area is 171 Å². The van der Waals surface area contributed by atoms with Crippen molar-refractivity contribution in [3.8, 4) is 0 Å². The Bertz CT molecular complexity index is 1010. The molecule has 1 N–H and O–H groups in total. The minimum absolute atomic E-state index is 0.362. The Morgan fingerprint density at radius 2 is 1.77 bits per heavy atom. The molecule has 0 spiro atoms. The molecule has 4 rings (SSSR count). The molecule has 1 aliphatic rings. The first-order valence-electron chi connectivity index (χ1n) is 9.91. The van der Waals surface area contributed by atoms with E-state index in [0.29, 0.717) is 43.5 Å². The fourth-order valence-corrected chi connectivity index (χ4v) is 4.02. The van der Waals surface area contributed by atoms with Crippen LogP contribution in [0.2, 0.25) is 0 Å². The second-order valence-electron chi connectivity index (χ2n) is 7.82. The van der Waals surface area contributed by atoms with Gasteiger partial charge in [-0.25, -0.2) is 4.39 Å². The minimum Gasteiger partial charge on any atom is -0.385 e. The van der Waals surface area contributed by atoms with E-state index in [4.69, 9.17) is 4.52 Å². The van der Waals surface area contributed by atoms with Gasteiger partial charge in [0.25, 0.3) is 0 Å². The monoisotopic (exact) mass is 422 g/mol. The standard InChI is InChI=1S/C22H22F4N2O2/c23-17-7-8-18-19(27-30-20(18)14-17)2-1-11-28-12-9-21(29,10-13-28)15-3-5-16(6-4-15)22(24,25)26/h3-8,14,29H,1-2,9-13H2. The van der Waals surface area contributed by atoms with E-state index in [1.165, 1.54) is 24.3 Å². The Morgan fingerprint density at radius 3 is 2.43 bits per heavy atom. The van der Waals surface area contributed by atoms with E-state index in [1.807, 2.05) is 0 Å². The molecule has 1 aliphatic heterocycles. The summed E-state index contributed by atoms with van der Waals surface area (Å²) >= 11 is 0. The molecule has 0 radical (unpaired) electrons. The summed E-state index contributed by atoms with van der Waals surface area (Å²) in [6, 6.07) is 9.16. The van der Waals surface area contributed by atoms with Crippen LogP contribution in [0.25, 0.3) is 11.0 Å². The van der Waals surface area contributed by atoms with E-state index in [1.54, 1.807) is 6.07 Å². The molecule has 8 heteroatoms. The molecule has 30 heavy (non-hydrogen) atoms. The average molecular weight is 422 g/mol. The van der Waals surface area contributed by atoms with E-state index < -0.39 is 17.3 Å². The molecule has 1 fully saturated rings. The fourth-order valence-electron chi connectivity index (χ4n) is 4.02. The van der Waals surface area contributed by atoms with Gasteiger partial charge in [0.15, 0.2) is 5.58 Å². The zero-order valence-electron chi connectivity index (χ0n) is 16.3. The number of halogens is 4. The number of hydrogen-bond acceptors (Lipinski definition) is 4. The molecule has 4 nitrogen and oxygen atoms in total. The summed E-state index contributed by atoms with van der Waals surface area (Å²) in [7, 11) is 0. The lowest BCUT2D eigenvalue weighted by Gasteiger charge is -2.38. The summed E-state index contributed by atoms with van der Waals surface area (Å²) in [6.45, 7) is 2.11. The zero-order chi connectivity index (χ0) is 21.4. The van der Waals surface area contributed by atoms with Crippen molar-refractivity contribution >= 4 is 11.0 Å². The van der Waals surface area contributed by atoms with Crippen molar-refractivity contribution in [3.05, 3.63) is 65.1 Å². The Morgan fingerprint density at radius 1 is 1.07 bits per heavy atom. The number of aromatic nitrogens is 1. The van der Waals surface area contributed by atoms with Gasteiger partial charge in [-0.1, -0.05) is 17.3 Å². The Kier molecular flexibility index (Phi) is 5.55. The van der Waals surface area contributed by atoms with E-state index in [9.17, 15) is 22.7 Å². The van der Waals surface area contributed by atoms with E-state index >= 15 is 0 Å². The zero-order valence-corrected chi connectivity index (χ0v) is 16.3. The lowest BCUT2D eigenvalue weighted by atomic mass is 9.84. The van der Waals surface area contributed by atoms with Crippen LogP contribution in [0.3, 0.4) is 0 Å². The predicted molar refractivity (Wildman–Crippen MR) is 103 cm³/mol. The molecule has 3 aromatic rings. The van der Waals surface area contributed by atoms with Crippen LogP contribution in [0.15, 0.2) is 47.0 Å². The summed E-state index contributed by atoms with van der Waals surface area (Å²) in [5.74, 6) is -0.362. The third kappa shape index (κ3) is 4.34. The number of aliphatic hydroxyl groups is 1. The first-order chi connectivity index (χ1) is 14.2. The van der Waals surface area contributed by atoms with E-state index in [2.05, 4.69) is 10.1 Å². The number of alkyl halides is 3. The summed E-state index contributed by atoms with van der Waals surface area (Å²) < 4.78 is 56.6. The van der Waals surface area contributed by atoms with Crippen LogP contribution in [-0.2, 0) is 18.2 Å². The molecule has 0 atom stereocenters. The lowest BCUT2D eigenvalue weighted by molar-refractivity contribution is -0.137. The number of fused-ring (bicyclic) bond motifs is 1. The van der Waals surface area contributed by atoms with Gasteiger partial charge in [-0.3, -0.25) is 0 Å². The van der Waals surface area contributed by atoms with Crippen molar-refractivity contribution in [2.45, 2.75) is 37.5 Å². The number of benzene rings is 2. The first kappa shape index (κ1) is 20.8. The van der Waals surface area contributed by atoms with E-state index in [0.717, 1.165) is 36.2 Å². The van der Waals surface area contributed by atoms with Gasteiger partial charge in [0, 0.05) is 24.5 Å². The third-order valence-corrected chi connectivity index (χ3v) is 5.83. The van der Waals surface area contributed by atoms with E-state index in [-0.39, 0.29) is 5.82 Å². The highest BCUT2D eigenvalue weighted by Gasteiger charge is 2.35. The number of nitrogens with zero attached hydrogens (tertiary/aromatic N) is 2. The lowest BCUT2D eigenvalue weighted by Crippen LogP contribution is -2.43. The first-order valence-corrected chi connectivity index (χ1v) is 9.91. The van der Waals surface area contributed by atoms with Gasteiger partial charge in [0.05, 0.1) is 16.9 Å². The van der Waals surface area contributed by atoms with Crippen molar-refractivity contribution in [1.82, 2.24) is 10.1 Å². The van der Waals surface area contributed by atoms with Crippen LogP contribution in [-0.4, -0.2) is 34.8 Å².